The van der Waals surface area contributed by atoms with Gasteiger partial charge in [-0.1, -0.05) is 13.8 Å². The molecule has 4 heteroatoms. The molecule has 0 heterocycles. The monoisotopic (exact) mass is 239 g/mol. The number of hydrogen-bond donors (Lipinski definition) is 2. The number of aliphatic hydroxyl groups is 1. The second-order valence-corrected chi connectivity index (χ2v) is 5.40. The van der Waals surface area contributed by atoms with Crippen molar-refractivity contribution in [3.8, 4) is 6.07 Å². The van der Waals surface area contributed by atoms with Gasteiger partial charge in [-0.2, -0.15) is 5.26 Å². The number of aliphatic hydroxyl groups excluding tert-OH is 1. The molecule has 1 rings (SSSR count). The molecule has 1 unspecified atom stereocenters. The van der Waals surface area contributed by atoms with E-state index < -0.39 is 0 Å². The van der Waals surface area contributed by atoms with Crippen LogP contribution in [0.3, 0.4) is 0 Å². The molecule has 0 aromatic heterocycles. The lowest BCUT2D eigenvalue weighted by Gasteiger charge is -2.26. The highest BCUT2D eigenvalue weighted by Crippen LogP contribution is 2.18. The predicted octanol–water partition coefficient (Wildman–Crippen LogP) is 0.971. The molecule has 0 amide bonds. The summed E-state index contributed by atoms with van der Waals surface area (Å²) >= 11 is 0. The van der Waals surface area contributed by atoms with Gasteiger partial charge in [0.05, 0.1) is 12.2 Å². The summed E-state index contributed by atoms with van der Waals surface area (Å²) in [7, 11) is 0. The SMILES string of the molecule is CC(C)CN(CCC#N)CC(O)CNC1CC1. The Balaban J connectivity index is 2.21. The van der Waals surface area contributed by atoms with E-state index in [1.807, 2.05) is 0 Å². The number of nitrogens with one attached hydrogen (secondary N) is 1. The van der Waals surface area contributed by atoms with Crippen molar-refractivity contribution in [2.75, 3.05) is 26.2 Å². The van der Waals surface area contributed by atoms with E-state index >= 15 is 0 Å². The lowest BCUT2D eigenvalue weighted by atomic mass is 10.2. The predicted molar refractivity (Wildman–Crippen MR) is 68.5 cm³/mol. The van der Waals surface area contributed by atoms with Crippen molar-refractivity contribution in [2.24, 2.45) is 5.92 Å². The van der Waals surface area contributed by atoms with Crippen LogP contribution in [0.5, 0.6) is 0 Å². The number of hydrogen-bond acceptors (Lipinski definition) is 4. The summed E-state index contributed by atoms with van der Waals surface area (Å²) < 4.78 is 0. The number of rotatable bonds is 9. The van der Waals surface area contributed by atoms with Crippen LogP contribution in [0.25, 0.3) is 0 Å². The maximum absolute atomic E-state index is 9.92. The second kappa shape index (κ2) is 7.65. The first-order valence-corrected chi connectivity index (χ1v) is 6.62. The highest BCUT2D eigenvalue weighted by Gasteiger charge is 2.22. The first-order valence-electron chi connectivity index (χ1n) is 6.62. The van der Waals surface area contributed by atoms with Crippen LogP contribution < -0.4 is 5.32 Å². The fourth-order valence-corrected chi connectivity index (χ4v) is 1.93. The lowest BCUT2D eigenvalue weighted by molar-refractivity contribution is 0.105. The first kappa shape index (κ1) is 14.4. The third-order valence-electron chi connectivity index (χ3n) is 2.85. The Morgan fingerprint density at radius 2 is 2.12 bits per heavy atom. The molecule has 1 saturated carbocycles. The quantitative estimate of drug-likeness (QED) is 0.629. The fraction of sp³-hybridized carbons (Fsp3) is 0.923. The van der Waals surface area contributed by atoms with Crippen LogP contribution >= 0.6 is 0 Å². The molecule has 0 aromatic carbocycles. The first-order chi connectivity index (χ1) is 8.11. The summed E-state index contributed by atoms with van der Waals surface area (Å²) in [6, 6.07) is 2.81. The van der Waals surface area contributed by atoms with Crippen molar-refractivity contribution in [1.29, 1.82) is 5.26 Å². The van der Waals surface area contributed by atoms with E-state index in [4.69, 9.17) is 5.26 Å². The van der Waals surface area contributed by atoms with Crippen LogP contribution in [0.15, 0.2) is 0 Å². The Labute approximate surface area is 105 Å². The number of nitriles is 1. The van der Waals surface area contributed by atoms with Crippen molar-refractivity contribution in [2.45, 2.75) is 45.3 Å². The van der Waals surface area contributed by atoms with Gasteiger partial charge < -0.3 is 10.4 Å². The van der Waals surface area contributed by atoms with Crippen molar-refractivity contribution < 1.29 is 5.11 Å². The average Bonchev–Trinajstić information content (AvgIpc) is 3.06. The van der Waals surface area contributed by atoms with E-state index in [-0.39, 0.29) is 6.10 Å². The summed E-state index contributed by atoms with van der Waals surface area (Å²) in [6.07, 6.45) is 2.71. The topological polar surface area (TPSA) is 59.3 Å². The van der Waals surface area contributed by atoms with Crippen molar-refractivity contribution in [3.05, 3.63) is 0 Å². The second-order valence-electron chi connectivity index (χ2n) is 5.40. The summed E-state index contributed by atoms with van der Waals surface area (Å²) in [4.78, 5) is 2.19. The van der Waals surface area contributed by atoms with Crippen molar-refractivity contribution in [1.82, 2.24) is 10.2 Å². The Morgan fingerprint density at radius 1 is 1.41 bits per heavy atom. The van der Waals surface area contributed by atoms with Gasteiger partial charge in [-0.25, -0.2) is 0 Å². The van der Waals surface area contributed by atoms with Gasteiger partial charge in [0.15, 0.2) is 0 Å². The van der Waals surface area contributed by atoms with Gasteiger partial charge in [-0.15, -0.1) is 0 Å². The zero-order chi connectivity index (χ0) is 12.7. The molecule has 98 valence electrons. The molecule has 1 aliphatic carbocycles. The molecule has 0 aromatic rings. The highest BCUT2D eigenvalue weighted by atomic mass is 16.3. The van der Waals surface area contributed by atoms with Gasteiger partial charge in [-0.3, -0.25) is 4.90 Å². The van der Waals surface area contributed by atoms with Gasteiger partial charge in [-0.05, 0) is 18.8 Å². The molecule has 0 radical (unpaired) electrons. The van der Waals surface area contributed by atoms with Crippen molar-refractivity contribution in [3.63, 3.8) is 0 Å². The molecule has 1 atom stereocenters. The van der Waals surface area contributed by atoms with Gasteiger partial charge in [0.1, 0.15) is 0 Å². The minimum absolute atomic E-state index is 0.326. The van der Waals surface area contributed by atoms with E-state index in [1.165, 1.54) is 12.8 Å². The fourth-order valence-electron chi connectivity index (χ4n) is 1.93. The maximum atomic E-state index is 9.92. The molecular weight excluding hydrogens is 214 g/mol. The van der Waals surface area contributed by atoms with Gasteiger partial charge in [0.2, 0.25) is 0 Å². The average molecular weight is 239 g/mol. The molecule has 1 fully saturated rings. The van der Waals surface area contributed by atoms with Crippen LogP contribution in [0, 0.1) is 17.2 Å². The minimum atomic E-state index is -0.326. The van der Waals surface area contributed by atoms with Crippen LogP contribution in [0.2, 0.25) is 0 Å². The smallest absolute Gasteiger partial charge is 0.0791 e. The van der Waals surface area contributed by atoms with Gasteiger partial charge >= 0.3 is 0 Å². The Bertz CT molecular complexity index is 246. The normalized spacial score (nSPS) is 17.4. The third kappa shape index (κ3) is 7.32. The Morgan fingerprint density at radius 3 is 2.65 bits per heavy atom. The molecular formula is C13H25N3O. The molecule has 0 bridgehead atoms. The minimum Gasteiger partial charge on any atom is -0.390 e. The zero-order valence-electron chi connectivity index (χ0n) is 11.0. The van der Waals surface area contributed by atoms with Crippen LogP contribution in [-0.4, -0.2) is 48.3 Å². The largest absolute Gasteiger partial charge is 0.390 e. The standard InChI is InChI=1S/C13H25N3O/c1-11(2)9-16(7-3-6-14)10-13(17)8-15-12-4-5-12/h11-13,15,17H,3-5,7-10H2,1-2H3. The number of nitrogens with zero attached hydrogens (tertiary/aromatic N) is 2. The van der Waals surface area contributed by atoms with Gasteiger partial charge in [0.25, 0.3) is 0 Å². The molecule has 4 nitrogen and oxygen atoms in total. The molecule has 1 aliphatic rings. The summed E-state index contributed by atoms with van der Waals surface area (Å²) in [6.45, 7) is 7.37. The molecule has 0 spiro atoms. The van der Waals surface area contributed by atoms with Gasteiger partial charge in [0, 0.05) is 38.6 Å². The lowest BCUT2D eigenvalue weighted by Crippen LogP contribution is -2.40. The molecule has 17 heavy (non-hydrogen) atoms. The van der Waals surface area contributed by atoms with E-state index in [0.29, 0.717) is 31.5 Å². The van der Waals surface area contributed by atoms with Crippen molar-refractivity contribution >= 4 is 0 Å². The van der Waals surface area contributed by atoms with Crippen LogP contribution in [0.4, 0.5) is 0 Å². The summed E-state index contributed by atoms with van der Waals surface area (Å²) in [5, 5.41) is 21.9. The Kier molecular flexibility index (Phi) is 6.49. The highest BCUT2D eigenvalue weighted by molar-refractivity contribution is 4.82. The van der Waals surface area contributed by atoms with E-state index in [0.717, 1.165) is 13.1 Å². The van der Waals surface area contributed by atoms with E-state index in [9.17, 15) is 5.11 Å². The Hall–Kier alpha value is -0.630. The van der Waals surface area contributed by atoms with E-state index in [1.54, 1.807) is 0 Å². The summed E-state index contributed by atoms with van der Waals surface area (Å²) in [5.41, 5.74) is 0. The van der Waals surface area contributed by atoms with Crippen LogP contribution in [0.1, 0.15) is 33.1 Å². The van der Waals surface area contributed by atoms with Crippen LogP contribution in [-0.2, 0) is 0 Å². The zero-order valence-corrected chi connectivity index (χ0v) is 11.0. The van der Waals surface area contributed by atoms with E-state index in [2.05, 4.69) is 30.1 Å². The molecule has 0 aliphatic heterocycles. The molecule has 2 N–H and O–H groups in total. The molecule has 0 saturated heterocycles. The maximum Gasteiger partial charge on any atom is 0.0791 e. The summed E-state index contributed by atoms with van der Waals surface area (Å²) in [5.74, 6) is 0.567. The third-order valence-corrected chi connectivity index (χ3v) is 2.85.